The summed E-state index contributed by atoms with van der Waals surface area (Å²) in [6, 6.07) is 4.40. The van der Waals surface area contributed by atoms with Gasteiger partial charge < -0.3 is 10.2 Å². The number of rotatable bonds is 8. The molecular weight excluding hydrogens is 236 g/mol. The van der Waals surface area contributed by atoms with Gasteiger partial charge in [-0.15, -0.1) is 11.3 Å². The first kappa shape index (κ1) is 14.0. The zero-order valence-corrected chi connectivity index (χ0v) is 12.1. The van der Waals surface area contributed by atoms with Crippen molar-refractivity contribution in [1.29, 1.82) is 0 Å². The third-order valence-corrected chi connectivity index (χ3v) is 4.03. The monoisotopic (exact) mass is 258 g/mol. The van der Waals surface area contributed by atoms with Gasteiger partial charge in [0, 0.05) is 41.7 Å². The summed E-state index contributed by atoms with van der Waals surface area (Å²) in [6.07, 6.45) is 2.16. The van der Waals surface area contributed by atoms with Crippen molar-refractivity contribution < 1.29 is 0 Å². The van der Waals surface area contributed by atoms with Crippen LogP contribution in [0.5, 0.6) is 0 Å². The summed E-state index contributed by atoms with van der Waals surface area (Å²) in [5.41, 5.74) is 0. The minimum atomic E-state index is 1.01. The Labute approximate surface area is 107 Å². The molecule has 0 aromatic carbocycles. The Hall–Kier alpha value is -0.0300. The van der Waals surface area contributed by atoms with Crippen LogP contribution in [0, 0.1) is 6.92 Å². The molecule has 1 aromatic rings. The first-order chi connectivity index (χ1) is 7.72. The van der Waals surface area contributed by atoms with Gasteiger partial charge in [-0.1, -0.05) is 0 Å². The van der Waals surface area contributed by atoms with E-state index >= 15 is 0 Å². The highest BCUT2D eigenvalue weighted by molar-refractivity contribution is 7.98. The molecule has 0 saturated heterocycles. The van der Waals surface area contributed by atoms with Gasteiger partial charge in [-0.2, -0.15) is 11.8 Å². The molecule has 0 aliphatic heterocycles. The number of hydrogen-bond acceptors (Lipinski definition) is 4. The molecule has 0 fully saturated rings. The molecule has 1 aromatic heterocycles. The number of nitrogens with zero attached hydrogens (tertiary/aromatic N) is 1. The van der Waals surface area contributed by atoms with Crippen LogP contribution in [0.25, 0.3) is 0 Å². The van der Waals surface area contributed by atoms with Crippen molar-refractivity contribution in [2.75, 3.05) is 38.7 Å². The molecule has 0 aliphatic carbocycles. The Kier molecular flexibility index (Phi) is 7.12. The molecule has 0 atom stereocenters. The maximum atomic E-state index is 3.48. The average molecular weight is 258 g/mol. The van der Waals surface area contributed by atoms with E-state index in [0.717, 1.165) is 19.6 Å². The summed E-state index contributed by atoms with van der Waals surface area (Å²) in [7, 11) is 2.19. The van der Waals surface area contributed by atoms with Gasteiger partial charge in [0.05, 0.1) is 0 Å². The van der Waals surface area contributed by atoms with Gasteiger partial charge in [0.15, 0.2) is 0 Å². The molecule has 16 heavy (non-hydrogen) atoms. The van der Waals surface area contributed by atoms with E-state index < -0.39 is 0 Å². The van der Waals surface area contributed by atoms with Crippen molar-refractivity contribution in [3.8, 4) is 0 Å². The van der Waals surface area contributed by atoms with Crippen LogP contribution in [0.3, 0.4) is 0 Å². The lowest BCUT2D eigenvalue weighted by molar-refractivity contribution is 0.352. The minimum Gasteiger partial charge on any atom is -0.311 e. The normalized spacial score (nSPS) is 11.2. The second kappa shape index (κ2) is 8.12. The predicted octanol–water partition coefficient (Wildman–Crippen LogP) is 2.44. The van der Waals surface area contributed by atoms with Crippen molar-refractivity contribution in [2.24, 2.45) is 0 Å². The van der Waals surface area contributed by atoms with Crippen LogP contribution >= 0.6 is 23.1 Å². The lowest BCUT2D eigenvalue weighted by Gasteiger charge is -2.15. The predicted molar refractivity (Wildman–Crippen MR) is 76.6 cm³/mol. The molecule has 2 nitrogen and oxygen atoms in total. The Bertz CT molecular complexity index is 286. The van der Waals surface area contributed by atoms with Crippen LogP contribution < -0.4 is 5.32 Å². The summed E-state index contributed by atoms with van der Waals surface area (Å²) in [5, 5.41) is 3.48. The largest absolute Gasteiger partial charge is 0.311 e. The summed E-state index contributed by atoms with van der Waals surface area (Å²) >= 11 is 3.79. The number of hydrogen-bond donors (Lipinski definition) is 1. The molecule has 1 N–H and O–H groups in total. The number of aryl methyl sites for hydroxylation is 1. The van der Waals surface area contributed by atoms with E-state index in [1.54, 1.807) is 0 Å². The fraction of sp³-hybridized carbons (Fsp3) is 0.667. The SMILES string of the molecule is CSCCN(C)CCNCc1ccc(C)s1. The van der Waals surface area contributed by atoms with Crippen LogP contribution in [0.2, 0.25) is 0 Å². The molecule has 1 heterocycles. The molecule has 0 unspecified atom stereocenters. The lowest BCUT2D eigenvalue weighted by Crippen LogP contribution is -2.30. The van der Waals surface area contributed by atoms with Crippen LogP contribution in [-0.2, 0) is 6.54 Å². The van der Waals surface area contributed by atoms with E-state index in [9.17, 15) is 0 Å². The topological polar surface area (TPSA) is 15.3 Å². The highest BCUT2D eigenvalue weighted by atomic mass is 32.2. The molecule has 0 spiro atoms. The van der Waals surface area contributed by atoms with Crippen molar-refractivity contribution >= 4 is 23.1 Å². The summed E-state index contributed by atoms with van der Waals surface area (Å²) < 4.78 is 0. The molecule has 0 radical (unpaired) electrons. The fourth-order valence-electron chi connectivity index (χ4n) is 1.42. The van der Waals surface area contributed by atoms with Crippen molar-refractivity contribution in [3.05, 3.63) is 21.9 Å². The first-order valence-electron chi connectivity index (χ1n) is 5.66. The van der Waals surface area contributed by atoms with Crippen LogP contribution in [0.4, 0.5) is 0 Å². The van der Waals surface area contributed by atoms with Crippen LogP contribution in [-0.4, -0.2) is 43.6 Å². The van der Waals surface area contributed by atoms with Gasteiger partial charge in [-0.3, -0.25) is 0 Å². The zero-order valence-electron chi connectivity index (χ0n) is 10.5. The molecule has 0 aliphatic rings. The maximum Gasteiger partial charge on any atom is 0.0300 e. The highest BCUT2D eigenvalue weighted by Gasteiger charge is 1.98. The van der Waals surface area contributed by atoms with Gasteiger partial charge >= 0.3 is 0 Å². The second-order valence-corrected chi connectivity index (χ2v) is 6.34. The smallest absolute Gasteiger partial charge is 0.0300 e. The second-order valence-electron chi connectivity index (χ2n) is 3.99. The van der Waals surface area contributed by atoms with E-state index in [2.05, 4.69) is 42.6 Å². The molecular formula is C12H22N2S2. The number of thioether (sulfide) groups is 1. The van der Waals surface area contributed by atoms with Gasteiger partial charge in [-0.05, 0) is 32.4 Å². The average Bonchev–Trinajstić information content (AvgIpc) is 2.67. The van der Waals surface area contributed by atoms with E-state index in [-0.39, 0.29) is 0 Å². The Balaban J connectivity index is 2.03. The molecule has 0 amide bonds. The quantitative estimate of drug-likeness (QED) is 0.721. The molecule has 92 valence electrons. The molecule has 4 heteroatoms. The third-order valence-electron chi connectivity index (χ3n) is 2.44. The fourth-order valence-corrected chi connectivity index (χ4v) is 2.77. The van der Waals surface area contributed by atoms with E-state index in [4.69, 9.17) is 0 Å². The van der Waals surface area contributed by atoms with E-state index in [1.807, 2.05) is 23.1 Å². The first-order valence-corrected chi connectivity index (χ1v) is 7.87. The van der Waals surface area contributed by atoms with Crippen LogP contribution in [0.15, 0.2) is 12.1 Å². The third kappa shape index (κ3) is 5.89. The van der Waals surface area contributed by atoms with Gasteiger partial charge in [0.1, 0.15) is 0 Å². The molecule has 1 rings (SSSR count). The Morgan fingerprint density at radius 2 is 2.19 bits per heavy atom. The Morgan fingerprint density at radius 3 is 2.81 bits per heavy atom. The van der Waals surface area contributed by atoms with Crippen molar-refractivity contribution in [2.45, 2.75) is 13.5 Å². The zero-order chi connectivity index (χ0) is 11.8. The summed E-state index contributed by atoms with van der Waals surface area (Å²) in [6.45, 7) is 6.55. The van der Waals surface area contributed by atoms with Gasteiger partial charge in [-0.25, -0.2) is 0 Å². The molecule has 0 bridgehead atoms. The maximum absolute atomic E-state index is 3.48. The molecule has 0 saturated carbocycles. The van der Waals surface area contributed by atoms with Crippen molar-refractivity contribution in [3.63, 3.8) is 0 Å². The lowest BCUT2D eigenvalue weighted by atomic mass is 10.4. The number of nitrogens with one attached hydrogen (secondary N) is 1. The van der Waals surface area contributed by atoms with Crippen molar-refractivity contribution in [1.82, 2.24) is 10.2 Å². The number of likely N-dealkylation sites (N-methyl/N-ethyl adjacent to an activating group) is 1. The van der Waals surface area contributed by atoms with E-state index in [0.29, 0.717) is 0 Å². The van der Waals surface area contributed by atoms with Gasteiger partial charge in [0.25, 0.3) is 0 Å². The highest BCUT2D eigenvalue weighted by Crippen LogP contribution is 2.14. The van der Waals surface area contributed by atoms with Crippen LogP contribution in [0.1, 0.15) is 9.75 Å². The summed E-state index contributed by atoms with van der Waals surface area (Å²) in [4.78, 5) is 5.21. The number of thiophene rings is 1. The minimum absolute atomic E-state index is 1.01. The Morgan fingerprint density at radius 1 is 1.38 bits per heavy atom. The van der Waals surface area contributed by atoms with E-state index in [1.165, 1.54) is 22.1 Å². The summed E-state index contributed by atoms with van der Waals surface area (Å²) in [5.74, 6) is 1.22. The standard InChI is InChI=1S/C12H22N2S2/c1-11-4-5-12(16-11)10-13-6-7-14(2)8-9-15-3/h4-5,13H,6-10H2,1-3H3. The van der Waals surface area contributed by atoms with Gasteiger partial charge in [0.2, 0.25) is 0 Å².